The molecule has 2 amide bonds. The molecule has 1 aromatic heterocycles. The zero-order valence-corrected chi connectivity index (χ0v) is 16.2. The summed E-state index contributed by atoms with van der Waals surface area (Å²) in [7, 11) is 0. The van der Waals surface area contributed by atoms with Gasteiger partial charge in [-0.25, -0.2) is 0 Å². The van der Waals surface area contributed by atoms with Gasteiger partial charge in [-0.3, -0.25) is 9.59 Å². The summed E-state index contributed by atoms with van der Waals surface area (Å²) in [6.45, 7) is 3.58. The highest BCUT2D eigenvalue weighted by molar-refractivity contribution is 8.01. The Hall–Kier alpha value is -1.50. The van der Waals surface area contributed by atoms with E-state index in [1.165, 1.54) is 31.0 Å². The van der Waals surface area contributed by atoms with Gasteiger partial charge >= 0.3 is 0 Å². The quantitative estimate of drug-likeness (QED) is 0.796. The number of rotatable bonds is 6. The van der Waals surface area contributed by atoms with Gasteiger partial charge in [0.1, 0.15) is 5.76 Å². The summed E-state index contributed by atoms with van der Waals surface area (Å²) in [5, 5.41) is 9.50. The van der Waals surface area contributed by atoms with Crippen molar-refractivity contribution in [2.45, 2.75) is 63.2 Å². The molecule has 4 bridgehead atoms. The summed E-state index contributed by atoms with van der Waals surface area (Å²) < 4.78 is 4.94. The van der Waals surface area contributed by atoms with Crippen molar-refractivity contribution in [1.29, 1.82) is 0 Å². The van der Waals surface area contributed by atoms with E-state index < -0.39 is 0 Å². The largest absolute Gasteiger partial charge is 0.360 e. The molecule has 26 heavy (non-hydrogen) atoms. The number of hydrogen-bond donors (Lipinski definition) is 2. The van der Waals surface area contributed by atoms with Crippen molar-refractivity contribution in [3.05, 3.63) is 11.8 Å². The van der Waals surface area contributed by atoms with Gasteiger partial charge in [0.2, 0.25) is 11.8 Å². The zero-order valence-electron chi connectivity index (χ0n) is 15.4. The van der Waals surface area contributed by atoms with E-state index in [-0.39, 0.29) is 22.6 Å². The Bertz CT molecular complexity index is 667. The number of anilines is 1. The molecule has 4 aliphatic carbocycles. The van der Waals surface area contributed by atoms with E-state index in [0.29, 0.717) is 17.3 Å². The second-order valence-corrected chi connectivity index (χ2v) is 9.84. The Balaban J connectivity index is 1.25. The Morgan fingerprint density at radius 3 is 2.42 bits per heavy atom. The highest BCUT2D eigenvalue weighted by Gasteiger charge is 2.51. The average molecular weight is 378 g/mol. The average Bonchev–Trinajstić information content (AvgIpc) is 2.95. The first-order valence-corrected chi connectivity index (χ1v) is 10.6. The van der Waals surface area contributed by atoms with Crippen LogP contribution in [0.2, 0.25) is 0 Å². The second-order valence-electron chi connectivity index (χ2n) is 8.51. The minimum absolute atomic E-state index is 0.0378. The van der Waals surface area contributed by atoms with Gasteiger partial charge in [0.05, 0.1) is 11.0 Å². The number of hydrogen-bond acceptors (Lipinski definition) is 5. The number of amides is 2. The molecule has 4 aliphatic rings. The standard InChI is InChI=1S/C19H27N3O3S/c1-11-3-16(22-25-11)20-18(24)12(2)26-10-17(23)21-19-7-13-4-14(8-19)6-15(5-13)9-19/h3,12-15H,4-10H2,1-2H3,(H,21,23)(H,20,22,24)/t12-,13?,14?,15?,19?/m1/s1. The summed E-state index contributed by atoms with van der Waals surface area (Å²) in [4.78, 5) is 24.7. The molecule has 0 spiro atoms. The van der Waals surface area contributed by atoms with E-state index in [1.807, 2.05) is 6.92 Å². The third-order valence-corrected chi connectivity index (χ3v) is 7.30. The Morgan fingerprint density at radius 2 is 1.88 bits per heavy atom. The van der Waals surface area contributed by atoms with Crippen molar-refractivity contribution in [2.75, 3.05) is 11.1 Å². The first-order valence-electron chi connectivity index (χ1n) is 9.57. The van der Waals surface area contributed by atoms with Gasteiger partial charge in [-0.2, -0.15) is 0 Å². The number of nitrogens with zero attached hydrogens (tertiary/aromatic N) is 1. The molecule has 0 radical (unpaired) electrons. The predicted octanol–water partition coefficient (Wildman–Crippen LogP) is 3.13. The minimum atomic E-state index is -0.325. The number of aromatic nitrogens is 1. The molecule has 1 aromatic rings. The molecule has 4 saturated carbocycles. The van der Waals surface area contributed by atoms with Crippen molar-refractivity contribution in [3.8, 4) is 0 Å². The zero-order chi connectivity index (χ0) is 18.3. The summed E-state index contributed by atoms with van der Waals surface area (Å²) in [6.07, 6.45) is 7.54. The van der Waals surface area contributed by atoms with E-state index in [2.05, 4.69) is 15.8 Å². The Morgan fingerprint density at radius 1 is 1.27 bits per heavy atom. The third-order valence-electron chi connectivity index (χ3n) is 6.16. The van der Waals surface area contributed by atoms with Gasteiger partial charge in [-0.05, 0) is 70.1 Å². The van der Waals surface area contributed by atoms with Crippen LogP contribution in [0.3, 0.4) is 0 Å². The van der Waals surface area contributed by atoms with Gasteiger partial charge in [-0.15, -0.1) is 11.8 Å². The van der Waals surface area contributed by atoms with Gasteiger partial charge in [-0.1, -0.05) is 5.16 Å². The van der Waals surface area contributed by atoms with E-state index >= 15 is 0 Å². The summed E-state index contributed by atoms with van der Waals surface area (Å²) in [6, 6.07) is 1.68. The highest BCUT2D eigenvalue weighted by atomic mass is 32.2. The number of nitrogens with one attached hydrogen (secondary N) is 2. The lowest BCUT2D eigenvalue weighted by Gasteiger charge is -2.56. The highest BCUT2D eigenvalue weighted by Crippen LogP contribution is 2.55. The van der Waals surface area contributed by atoms with Crippen LogP contribution in [0.1, 0.15) is 51.2 Å². The van der Waals surface area contributed by atoms with Crippen molar-refractivity contribution in [1.82, 2.24) is 10.5 Å². The van der Waals surface area contributed by atoms with Gasteiger partial charge in [0.15, 0.2) is 5.82 Å². The van der Waals surface area contributed by atoms with Crippen molar-refractivity contribution < 1.29 is 14.1 Å². The molecule has 142 valence electrons. The molecule has 0 saturated heterocycles. The normalized spacial score (nSPS) is 33.1. The van der Waals surface area contributed by atoms with E-state index in [4.69, 9.17) is 4.52 Å². The fourth-order valence-electron chi connectivity index (χ4n) is 5.53. The first-order chi connectivity index (χ1) is 12.4. The molecular formula is C19H27N3O3S. The van der Waals surface area contributed by atoms with E-state index in [0.717, 1.165) is 37.0 Å². The summed E-state index contributed by atoms with van der Waals surface area (Å²) in [5.41, 5.74) is 0.0378. The van der Waals surface area contributed by atoms with Crippen molar-refractivity contribution in [3.63, 3.8) is 0 Å². The first kappa shape index (κ1) is 17.9. The number of aryl methyl sites for hydroxylation is 1. The maximum atomic E-state index is 12.5. The molecule has 4 fully saturated rings. The van der Waals surface area contributed by atoms with Crippen LogP contribution in [0, 0.1) is 24.7 Å². The molecule has 7 heteroatoms. The number of thioether (sulfide) groups is 1. The molecule has 1 atom stereocenters. The van der Waals surface area contributed by atoms with E-state index in [9.17, 15) is 9.59 Å². The molecule has 0 aromatic carbocycles. The Labute approximate surface area is 158 Å². The maximum absolute atomic E-state index is 12.5. The predicted molar refractivity (Wildman–Crippen MR) is 101 cm³/mol. The smallest absolute Gasteiger partial charge is 0.238 e. The lowest BCUT2D eigenvalue weighted by molar-refractivity contribution is -0.124. The number of carbonyl (C=O) groups is 2. The minimum Gasteiger partial charge on any atom is -0.360 e. The lowest BCUT2D eigenvalue weighted by Crippen LogP contribution is -2.60. The molecular weight excluding hydrogens is 350 g/mol. The summed E-state index contributed by atoms with van der Waals surface area (Å²) in [5.74, 6) is 3.71. The molecule has 6 nitrogen and oxygen atoms in total. The van der Waals surface area contributed by atoms with Crippen molar-refractivity contribution in [2.24, 2.45) is 17.8 Å². The SMILES string of the molecule is Cc1cc(NC(=O)[C@@H](C)SCC(=O)NC23CC4CC(CC(C4)C2)C3)no1. The third kappa shape index (κ3) is 3.77. The second kappa shape index (κ2) is 6.91. The fraction of sp³-hybridized carbons (Fsp3) is 0.737. The van der Waals surface area contributed by atoms with Gasteiger partial charge in [0.25, 0.3) is 0 Å². The van der Waals surface area contributed by atoms with Crippen LogP contribution in [0.4, 0.5) is 5.82 Å². The van der Waals surface area contributed by atoms with Crippen LogP contribution in [0.5, 0.6) is 0 Å². The lowest BCUT2D eigenvalue weighted by atomic mass is 9.53. The molecule has 0 unspecified atom stereocenters. The van der Waals surface area contributed by atoms with Crippen molar-refractivity contribution >= 4 is 29.4 Å². The molecule has 0 aliphatic heterocycles. The van der Waals surface area contributed by atoms with Gasteiger partial charge < -0.3 is 15.2 Å². The Kier molecular flexibility index (Phi) is 4.75. The molecule has 5 rings (SSSR count). The van der Waals surface area contributed by atoms with Crippen LogP contribution in [0.25, 0.3) is 0 Å². The topological polar surface area (TPSA) is 84.2 Å². The monoisotopic (exact) mass is 377 g/mol. The van der Waals surface area contributed by atoms with Crippen LogP contribution in [0.15, 0.2) is 10.6 Å². The maximum Gasteiger partial charge on any atom is 0.238 e. The van der Waals surface area contributed by atoms with Crippen LogP contribution >= 0.6 is 11.8 Å². The van der Waals surface area contributed by atoms with E-state index in [1.54, 1.807) is 13.0 Å². The number of carbonyl (C=O) groups excluding carboxylic acids is 2. The van der Waals surface area contributed by atoms with Gasteiger partial charge in [0, 0.05) is 11.6 Å². The summed E-state index contributed by atoms with van der Waals surface area (Å²) >= 11 is 1.36. The van der Waals surface area contributed by atoms with Crippen LogP contribution in [-0.4, -0.2) is 33.5 Å². The van der Waals surface area contributed by atoms with Crippen LogP contribution < -0.4 is 10.6 Å². The molecule has 1 heterocycles. The molecule has 2 N–H and O–H groups in total. The van der Waals surface area contributed by atoms with Crippen LogP contribution in [-0.2, 0) is 9.59 Å². The fourth-order valence-corrected chi connectivity index (χ4v) is 6.21.